The van der Waals surface area contributed by atoms with Crippen molar-refractivity contribution in [1.82, 2.24) is 9.97 Å². The molecule has 3 nitrogen and oxygen atoms in total. The van der Waals surface area contributed by atoms with Crippen LogP contribution in [0.15, 0.2) is 79.6 Å². The summed E-state index contributed by atoms with van der Waals surface area (Å²) in [7, 11) is 0. The Bertz CT molecular complexity index is 1170. The van der Waals surface area contributed by atoms with Gasteiger partial charge in [0.15, 0.2) is 11.6 Å². The minimum absolute atomic E-state index is 0.227. The van der Waals surface area contributed by atoms with Crippen LogP contribution in [0.5, 0.6) is 5.75 Å². The third kappa shape index (κ3) is 4.35. The molecular weight excluding hydrogens is 382 g/mol. The highest BCUT2D eigenvalue weighted by atomic mass is 19.1. The molecule has 0 saturated carbocycles. The van der Waals surface area contributed by atoms with Gasteiger partial charge in [0.2, 0.25) is 0 Å². The molecule has 3 aromatic carbocycles. The standard InChI is InChI=1S/C25H20F2N2O/c1-2-13-30-22-15-28-25(29-16-22)20-9-12-23-19(14-20)8-7-18(24(23)27)6-3-17-4-10-21(26)11-5-17/h2,4-5,7-12,14-16H,1,3,6,13H2. The molecule has 4 rings (SSSR count). The van der Waals surface area contributed by atoms with Crippen LogP contribution in [0, 0.1) is 11.6 Å². The fourth-order valence-corrected chi connectivity index (χ4v) is 3.29. The Morgan fingerprint density at radius 2 is 1.67 bits per heavy atom. The number of aromatic nitrogens is 2. The van der Waals surface area contributed by atoms with E-state index < -0.39 is 0 Å². The second kappa shape index (κ2) is 8.82. The zero-order valence-corrected chi connectivity index (χ0v) is 16.3. The van der Waals surface area contributed by atoms with Crippen LogP contribution in [0.1, 0.15) is 11.1 Å². The third-order valence-electron chi connectivity index (χ3n) is 4.88. The van der Waals surface area contributed by atoms with E-state index in [1.54, 1.807) is 42.7 Å². The summed E-state index contributed by atoms with van der Waals surface area (Å²) in [6.45, 7) is 3.99. The van der Waals surface area contributed by atoms with Crippen molar-refractivity contribution in [3.8, 4) is 17.1 Å². The van der Waals surface area contributed by atoms with Crippen molar-refractivity contribution < 1.29 is 13.5 Å². The Hall–Kier alpha value is -3.60. The largest absolute Gasteiger partial charge is 0.486 e. The Labute approximate surface area is 173 Å². The Kier molecular flexibility index (Phi) is 5.80. The van der Waals surface area contributed by atoms with Gasteiger partial charge in [-0.2, -0.15) is 0 Å². The number of rotatable bonds is 7. The monoisotopic (exact) mass is 402 g/mol. The summed E-state index contributed by atoms with van der Waals surface area (Å²) in [4.78, 5) is 8.65. The van der Waals surface area contributed by atoms with Gasteiger partial charge >= 0.3 is 0 Å². The molecule has 1 heterocycles. The molecule has 4 aromatic rings. The molecule has 1 aromatic heterocycles. The maximum Gasteiger partial charge on any atom is 0.159 e. The minimum Gasteiger partial charge on any atom is -0.486 e. The van der Waals surface area contributed by atoms with Crippen LogP contribution in [0.4, 0.5) is 8.78 Å². The highest BCUT2D eigenvalue weighted by Gasteiger charge is 2.10. The van der Waals surface area contributed by atoms with Gasteiger partial charge in [-0.25, -0.2) is 18.7 Å². The van der Waals surface area contributed by atoms with Gasteiger partial charge in [0.05, 0.1) is 12.4 Å². The molecule has 0 aliphatic rings. The predicted molar refractivity (Wildman–Crippen MR) is 114 cm³/mol. The first-order valence-electron chi connectivity index (χ1n) is 9.66. The highest BCUT2D eigenvalue weighted by molar-refractivity contribution is 5.87. The van der Waals surface area contributed by atoms with Crippen molar-refractivity contribution in [3.05, 3.63) is 102 Å². The van der Waals surface area contributed by atoms with Crippen molar-refractivity contribution in [1.29, 1.82) is 0 Å². The lowest BCUT2D eigenvalue weighted by Gasteiger charge is -2.09. The van der Waals surface area contributed by atoms with Crippen molar-refractivity contribution in [3.63, 3.8) is 0 Å². The zero-order valence-electron chi connectivity index (χ0n) is 16.3. The highest BCUT2D eigenvalue weighted by Crippen LogP contribution is 2.27. The number of nitrogens with zero attached hydrogens (tertiary/aromatic N) is 2. The SMILES string of the molecule is C=CCOc1cnc(-c2ccc3c(F)c(CCc4ccc(F)cc4)ccc3c2)nc1. The molecule has 0 aliphatic carbocycles. The summed E-state index contributed by atoms with van der Waals surface area (Å²) in [5.74, 6) is 0.615. The first-order chi connectivity index (χ1) is 14.6. The molecule has 0 bridgehead atoms. The smallest absolute Gasteiger partial charge is 0.159 e. The molecule has 5 heteroatoms. The molecule has 0 saturated heterocycles. The molecule has 0 N–H and O–H groups in total. The fraction of sp³-hybridized carbons (Fsp3) is 0.120. The fourth-order valence-electron chi connectivity index (χ4n) is 3.29. The van der Waals surface area contributed by atoms with E-state index in [4.69, 9.17) is 4.74 Å². The normalized spacial score (nSPS) is 10.9. The molecule has 0 radical (unpaired) electrons. The maximum atomic E-state index is 15.0. The van der Waals surface area contributed by atoms with E-state index in [-0.39, 0.29) is 11.6 Å². The number of halogens is 2. The van der Waals surface area contributed by atoms with Crippen molar-refractivity contribution in [2.75, 3.05) is 6.61 Å². The number of benzene rings is 3. The van der Waals surface area contributed by atoms with Gasteiger partial charge in [0.25, 0.3) is 0 Å². The van der Waals surface area contributed by atoms with Crippen molar-refractivity contribution >= 4 is 10.8 Å². The van der Waals surface area contributed by atoms with E-state index in [9.17, 15) is 4.39 Å². The lowest BCUT2D eigenvalue weighted by Crippen LogP contribution is -1.97. The summed E-state index contributed by atoms with van der Waals surface area (Å²) >= 11 is 0. The minimum atomic E-state index is -0.269. The first-order valence-corrected chi connectivity index (χ1v) is 9.66. The number of hydrogen-bond acceptors (Lipinski definition) is 3. The lowest BCUT2D eigenvalue weighted by molar-refractivity contribution is 0.360. The van der Waals surface area contributed by atoms with Crippen LogP contribution in [0.3, 0.4) is 0 Å². The van der Waals surface area contributed by atoms with Crippen molar-refractivity contribution in [2.45, 2.75) is 12.8 Å². The van der Waals surface area contributed by atoms with E-state index in [0.29, 0.717) is 42.0 Å². The average Bonchev–Trinajstić information content (AvgIpc) is 2.78. The van der Waals surface area contributed by atoms with Gasteiger partial charge in [0, 0.05) is 10.9 Å². The van der Waals surface area contributed by atoms with E-state index in [2.05, 4.69) is 16.5 Å². The van der Waals surface area contributed by atoms with Crippen LogP contribution >= 0.6 is 0 Å². The topological polar surface area (TPSA) is 35.0 Å². The van der Waals surface area contributed by atoms with Crippen LogP contribution in [-0.4, -0.2) is 16.6 Å². The summed E-state index contributed by atoms with van der Waals surface area (Å²) in [6, 6.07) is 15.5. The van der Waals surface area contributed by atoms with Gasteiger partial charge in [-0.3, -0.25) is 0 Å². The average molecular weight is 402 g/mol. The predicted octanol–water partition coefficient (Wildman–Crippen LogP) is 5.93. The number of ether oxygens (including phenoxy) is 1. The summed E-state index contributed by atoms with van der Waals surface area (Å²) in [5, 5.41) is 1.34. The van der Waals surface area contributed by atoms with Crippen LogP contribution in [-0.2, 0) is 12.8 Å². The van der Waals surface area contributed by atoms with Gasteiger partial charge in [-0.1, -0.05) is 49.1 Å². The molecule has 0 amide bonds. The molecule has 0 fully saturated rings. The molecule has 0 unspecified atom stereocenters. The van der Waals surface area contributed by atoms with Gasteiger partial charge in [-0.05, 0) is 47.6 Å². The number of aryl methyl sites for hydroxylation is 2. The summed E-state index contributed by atoms with van der Waals surface area (Å²) in [6.07, 6.45) is 6.06. The van der Waals surface area contributed by atoms with Crippen LogP contribution in [0.25, 0.3) is 22.2 Å². The Balaban J connectivity index is 1.54. The zero-order chi connectivity index (χ0) is 20.9. The molecular formula is C25H20F2N2O. The lowest BCUT2D eigenvalue weighted by atomic mass is 9.99. The van der Waals surface area contributed by atoms with Gasteiger partial charge in [0.1, 0.15) is 18.2 Å². The molecule has 0 spiro atoms. The molecule has 0 atom stereocenters. The first kappa shape index (κ1) is 19.7. The van der Waals surface area contributed by atoms with Crippen LogP contribution in [0.2, 0.25) is 0 Å². The van der Waals surface area contributed by atoms with Crippen molar-refractivity contribution in [2.24, 2.45) is 0 Å². The number of hydrogen-bond donors (Lipinski definition) is 0. The second-order valence-corrected chi connectivity index (χ2v) is 6.94. The van der Waals surface area contributed by atoms with E-state index >= 15 is 4.39 Å². The quantitative estimate of drug-likeness (QED) is 0.360. The summed E-state index contributed by atoms with van der Waals surface area (Å²) < 4.78 is 33.5. The Morgan fingerprint density at radius 1 is 0.900 bits per heavy atom. The molecule has 30 heavy (non-hydrogen) atoms. The molecule has 150 valence electrons. The number of fused-ring (bicyclic) bond motifs is 1. The third-order valence-corrected chi connectivity index (χ3v) is 4.88. The van der Waals surface area contributed by atoms with E-state index in [1.165, 1.54) is 12.1 Å². The van der Waals surface area contributed by atoms with E-state index in [1.807, 2.05) is 18.2 Å². The van der Waals surface area contributed by atoms with Gasteiger partial charge in [-0.15, -0.1) is 0 Å². The maximum absolute atomic E-state index is 15.0. The van der Waals surface area contributed by atoms with Gasteiger partial charge < -0.3 is 4.74 Å². The Morgan fingerprint density at radius 3 is 2.40 bits per heavy atom. The second-order valence-electron chi connectivity index (χ2n) is 6.94. The van der Waals surface area contributed by atoms with Crippen LogP contribution < -0.4 is 4.74 Å². The van der Waals surface area contributed by atoms with E-state index in [0.717, 1.165) is 16.5 Å². The summed E-state index contributed by atoms with van der Waals surface area (Å²) in [5.41, 5.74) is 2.42. The molecule has 0 aliphatic heterocycles.